The zero-order valence-corrected chi connectivity index (χ0v) is 17.2. The number of carbonyl (C=O) groups excluding carboxylic acids is 3. The molecule has 0 radical (unpaired) electrons. The molecule has 0 bridgehead atoms. The van der Waals surface area contributed by atoms with E-state index >= 15 is 0 Å². The van der Waals surface area contributed by atoms with Crippen molar-refractivity contribution in [1.29, 1.82) is 0 Å². The Hall–Kier alpha value is -1.64. The summed E-state index contributed by atoms with van der Waals surface area (Å²) >= 11 is 15.4. The van der Waals surface area contributed by atoms with Crippen LogP contribution in [0, 0.1) is 0 Å². The van der Waals surface area contributed by atoms with Gasteiger partial charge >= 0.3 is 17.2 Å². The molecule has 0 saturated carbocycles. The first kappa shape index (κ1) is 23.4. The molecular weight excluding hydrogens is 419 g/mol. The molecule has 1 rings (SSSR count). The summed E-state index contributed by atoms with van der Waals surface area (Å²) in [6.45, 7) is 3.57. The Morgan fingerprint density at radius 3 is 2.41 bits per heavy atom. The molecule has 0 aliphatic rings. The van der Waals surface area contributed by atoms with Gasteiger partial charge in [0.15, 0.2) is 6.10 Å². The quantitative estimate of drug-likeness (QED) is 0.328. The third kappa shape index (κ3) is 8.73. The molecule has 0 spiro atoms. The maximum absolute atomic E-state index is 12.4. The van der Waals surface area contributed by atoms with Crippen LogP contribution < -0.4 is 4.74 Å². The van der Waals surface area contributed by atoms with E-state index in [0.29, 0.717) is 5.02 Å². The third-order valence-corrected chi connectivity index (χ3v) is 3.80. The minimum absolute atomic E-state index is 0.0744. The van der Waals surface area contributed by atoms with Gasteiger partial charge in [0.1, 0.15) is 5.75 Å². The van der Waals surface area contributed by atoms with Gasteiger partial charge < -0.3 is 18.9 Å². The first-order chi connectivity index (χ1) is 12.8. The van der Waals surface area contributed by atoms with E-state index in [0.717, 1.165) is 0 Å². The van der Waals surface area contributed by atoms with Crippen molar-refractivity contribution in [2.45, 2.75) is 45.5 Å². The van der Waals surface area contributed by atoms with Crippen molar-refractivity contribution in [1.82, 2.24) is 0 Å². The number of ether oxygens (including phenoxy) is 4. The van der Waals surface area contributed by atoms with Gasteiger partial charge in [-0.3, -0.25) is 4.79 Å². The van der Waals surface area contributed by atoms with Crippen molar-refractivity contribution in [2.24, 2.45) is 0 Å². The Kier molecular flexibility index (Phi) is 10.4. The third-order valence-electron chi connectivity index (χ3n) is 3.17. The smallest absolute Gasteiger partial charge is 0.367 e. The van der Waals surface area contributed by atoms with Gasteiger partial charge in [0, 0.05) is 11.4 Å². The van der Waals surface area contributed by atoms with Crippen molar-refractivity contribution in [2.75, 3.05) is 6.61 Å². The zero-order chi connectivity index (χ0) is 20.4. The molecule has 2 atom stereocenters. The number of thiol groups is 1. The largest absolute Gasteiger partial charge is 0.477 e. The summed E-state index contributed by atoms with van der Waals surface area (Å²) in [6, 6.07) is 4.56. The number of hydrogen-bond acceptors (Lipinski definition) is 7. The summed E-state index contributed by atoms with van der Waals surface area (Å²) in [5.41, 5.74) is 0. The predicted octanol–water partition coefficient (Wildman–Crippen LogP) is 4.43. The predicted molar refractivity (Wildman–Crippen MR) is 102 cm³/mol. The molecule has 0 fully saturated rings. The lowest BCUT2D eigenvalue weighted by molar-refractivity contribution is -0.177. The Morgan fingerprint density at radius 1 is 1.15 bits per heavy atom. The van der Waals surface area contributed by atoms with E-state index in [1.807, 2.05) is 0 Å². The number of carbonyl (C=O) groups is 3. The molecule has 2 unspecified atom stereocenters. The van der Waals surface area contributed by atoms with Crippen LogP contribution in [0.4, 0.5) is 4.79 Å². The van der Waals surface area contributed by atoms with E-state index in [-0.39, 0.29) is 36.6 Å². The Labute approximate surface area is 172 Å². The summed E-state index contributed by atoms with van der Waals surface area (Å²) in [5, 5.41) is -0.302. The van der Waals surface area contributed by atoms with Crippen molar-refractivity contribution in [3.8, 4) is 5.75 Å². The molecule has 0 aliphatic carbocycles. The molecule has 0 heterocycles. The normalized spacial score (nSPS) is 12.6. The standard InChI is InChI=1S/C17H20Cl2O7S/c1-3-12(24-13-6-5-10(18)9-11(13)19)16(21)25-15(26-17(22)27)8-7-14(20)23-4-2/h5-6,9,12,15H,3-4,7-8H2,1-2H3,(H,22,27). The van der Waals surface area contributed by atoms with Gasteiger partial charge in [0.05, 0.1) is 18.1 Å². The molecule has 0 N–H and O–H groups in total. The molecular formula is C17H20Cl2O7S. The molecule has 0 aromatic heterocycles. The van der Waals surface area contributed by atoms with Gasteiger partial charge in [0.25, 0.3) is 0 Å². The summed E-state index contributed by atoms with van der Waals surface area (Å²) in [4.78, 5) is 34.9. The lowest BCUT2D eigenvalue weighted by Crippen LogP contribution is -2.34. The molecule has 27 heavy (non-hydrogen) atoms. The number of halogens is 2. The molecule has 0 saturated heterocycles. The SMILES string of the molecule is CCOC(=O)CCC(OC(=O)S)OC(=O)C(CC)Oc1ccc(Cl)cc1Cl. The Balaban J connectivity index is 2.74. The van der Waals surface area contributed by atoms with Crippen LogP contribution in [0.25, 0.3) is 0 Å². The summed E-state index contributed by atoms with van der Waals surface area (Å²) < 4.78 is 20.3. The molecule has 1 aromatic carbocycles. The minimum atomic E-state index is -1.30. The number of esters is 2. The van der Waals surface area contributed by atoms with Gasteiger partial charge in [-0.25, -0.2) is 9.59 Å². The van der Waals surface area contributed by atoms with Gasteiger partial charge in [-0.05, 0) is 31.5 Å². The zero-order valence-electron chi connectivity index (χ0n) is 14.8. The van der Waals surface area contributed by atoms with Crippen LogP contribution in [0.1, 0.15) is 33.1 Å². The summed E-state index contributed by atoms with van der Waals surface area (Å²) in [5.74, 6) is -1.05. The van der Waals surface area contributed by atoms with E-state index < -0.39 is 29.6 Å². The number of rotatable bonds is 10. The second-order valence-electron chi connectivity index (χ2n) is 5.18. The second kappa shape index (κ2) is 11.9. The monoisotopic (exact) mass is 438 g/mol. The molecule has 150 valence electrons. The van der Waals surface area contributed by atoms with E-state index in [9.17, 15) is 14.4 Å². The van der Waals surface area contributed by atoms with E-state index in [4.69, 9.17) is 42.1 Å². The van der Waals surface area contributed by atoms with Crippen LogP contribution in [-0.2, 0) is 23.8 Å². The molecule has 10 heteroatoms. The van der Waals surface area contributed by atoms with Crippen LogP contribution in [0.3, 0.4) is 0 Å². The highest BCUT2D eigenvalue weighted by atomic mass is 35.5. The van der Waals surface area contributed by atoms with Gasteiger partial charge in [-0.2, -0.15) is 0 Å². The van der Waals surface area contributed by atoms with Gasteiger partial charge in [-0.1, -0.05) is 42.8 Å². The van der Waals surface area contributed by atoms with Crippen LogP contribution in [0.15, 0.2) is 18.2 Å². The van der Waals surface area contributed by atoms with Gasteiger partial charge in [0.2, 0.25) is 6.29 Å². The number of benzene rings is 1. The molecule has 7 nitrogen and oxygen atoms in total. The van der Waals surface area contributed by atoms with Crippen molar-refractivity contribution in [3.63, 3.8) is 0 Å². The summed E-state index contributed by atoms with van der Waals surface area (Å²) in [7, 11) is 0. The maximum atomic E-state index is 12.4. The highest BCUT2D eigenvalue weighted by Crippen LogP contribution is 2.29. The minimum Gasteiger partial charge on any atom is -0.477 e. The fourth-order valence-corrected chi connectivity index (χ4v) is 2.52. The van der Waals surface area contributed by atoms with Crippen LogP contribution in [-0.4, -0.2) is 36.2 Å². The topological polar surface area (TPSA) is 88.1 Å². The number of hydrogen-bond donors (Lipinski definition) is 1. The fraction of sp³-hybridized carbons (Fsp3) is 0.471. The first-order valence-electron chi connectivity index (χ1n) is 8.14. The van der Waals surface area contributed by atoms with E-state index in [2.05, 4.69) is 12.6 Å². The van der Waals surface area contributed by atoms with Crippen LogP contribution in [0.5, 0.6) is 5.75 Å². The van der Waals surface area contributed by atoms with Crippen LogP contribution >= 0.6 is 35.8 Å². The molecule has 0 aliphatic heterocycles. The lowest BCUT2D eigenvalue weighted by atomic mass is 10.2. The average molecular weight is 439 g/mol. The maximum Gasteiger partial charge on any atom is 0.367 e. The van der Waals surface area contributed by atoms with Crippen molar-refractivity contribution < 1.29 is 33.3 Å². The second-order valence-corrected chi connectivity index (χ2v) is 6.39. The fourth-order valence-electron chi connectivity index (χ4n) is 1.95. The highest BCUT2D eigenvalue weighted by Gasteiger charge is 2.27. The Bertz CT molecular complexity index is 669. The average Bonchev–Trinajstić information content (AvgIpc) is 2.58. The molecule has 0 amide bonds. The Morgan fingerprint density at radius 2 is 1.85 bits per heavy atom. The van der Waals surface area contributed by atoms with Crippen molar-refractivity contribution in [3.05, 3.63) is 28.2 Å². The lowest BCUT2D eigenvalue weighted by Gasteiger charge is -2.21. The van der Waals surface area contributed by atoms with E-state index in [1.54, 1.807) is 19.9 Å². The summed E-state index contributed by atoms with van der Waals surface area (Å²) in [6.07, 6.45) is -2.22. The van der Waals surface area contributed by atoms with Crippen LogP contribution in [0.2, 0.25) is 10.0 Å². The van der Waals surface area contributed by atoms with Crippen molar-refractivity contribution >= 4 is 53.1 Å². The van der Waals surface area contributed by atoms with Gasteiger partial charge in [-0.15, -0.1) is 0 Å². The van der Waals surface area contributed by atoms with E-state index in [1.165, 1.54) is 12.1 Å². The highest BCUT2D eigenvalue weighted by molar-refractivity contribution is 7.96. The molecule has 1 aromatic rings. The first-order valence-corrected chi connectivity index (χ1v) is 9.34.